The molecule has 0 spiro atoms. The van der Waals surface area contributed by atoms with Gasteiger partial charge in [0, 0.05) is 6.20 Å². The quantitative estimate of drug-likeness (QED) is 0.752. The van der Waals surface area contributed by atoms with E-state index in [1.807, 2.05) is 0 Å². The summed E-state index contributed by atoms with van der Waals surface area (Å²) >= 11 is 5.68. The van der Waals surface area contributed by atoms with Gasteiger partial charge in [-0.15, -0.1) is 0 Å². The number of benzene rings is 1. The maximum absolute atomic E-state index is 12.0. The van der Waals surface area contributed by atoms with Crippen LogP contribution in [0.1, 0.15) is 15.9 Å². The second-order valence-electron chi connectivity index (χ2n) is 5.01. The van der Waals surface area contributed by atoms with Crippen molar-refractivity contribution in [2.45, 2.75) is 11.8 Å². The summed E-state index contributed by atoms with van der Waals surface area (Å²) in [6.45, 7) is 0.975. The molecule has 1 heterocycles. The third kappa shape index (κ3) is 5.24. The van der Waals surface area contributed by atoms with Crippen LogP contribution in [-0.4, -0.2) is 31.9 Å². The summed E-state index contributed by atoms with van der Waals surface area (Å²) < 4.78 is 27.8. The van der Waals surface area contributed by atoms with Gasteiger partial charge in [0.1, 0.15) is 5.82 Å². The number of amides is 1. The number of aryl methyl sites for hydroxylation is 1. The van der Waals surface area contributed by atoms with Gasteiger partial charge < -0.3 is 10.1 Å². The Morgan fingerprint density at radius 2 is 2.00 bits per heavy atom. The van der Waals surface area contributed by atoms with Crippen LogP contribution in [0.5, 0.6) is 0 Å². The van der Waals surface area contributed by atoms with E-state index in [0.29, 0.717) is 10.6 Å². The fourth-order valence-corrected chi connectivity index (χ4v) is 2.80. The summed E-state index contributed by atoms with van der Waals surface area (Å²) in [6.07, 6.45) is 1.35. The number of nitrogens with one attached hydrogen (secondary N) is 1. The van der Waals surface area contributed by atoms with Crippen LogP contribution in [0.3, 0.4) is 0 Å². The van der Waals surface area contributed by atoms with Crippen molar-refractivity contribution in [3.05, 3.63) is 52.7 Å². The van der Waals surface area contributed by atoms with E-state index in [1.54, 1.807) is 6.92 Å². The van der Waals surface area contributed by atoms with Crippen molar-refractivity contribution in [1.29, 1.82) is 0 Å². The van der Waals surface area contributed by atoms with E-state index >= 15 is 0 Å². The Balaban J connectivity index is 2.00. The minimum Gasteiger partial charge on any atom is -0.452 e. The lowest BCUT2D eigenvalue weighted by molar-refractivity contribution is -0.119. The average molecular weight is 384 g/mol. The minimum absolute atomic E-state index is 0.0351. The van der Waals surface area contributed by atoms with Crippen molar-refractivity contribution in [1.82, 2.24) is 4.98 Å². The molecule has 1 aromatic heterocycles. The molecular formula is C15H14ClN3O5S. The Bertz CT molecular complexity index is 913. The first-order valence-electron chi connectivity index (χ1n) is 6.89. The normalized spacial score (nSPS) is 11.0. The molecule has 1 amide bonds. The van der Waals surface area contributed by atoms with Gasteiger partial charge in [0.15, 0.2) is 6.61 Å². The molecule has 0 fully saturated rings. The number of sulfonamides is 1. The van der Waals surface area contributed by atoms with Crippen molar-refractivity contribution < 1.29 is 22.7 Å². The van der Waals surface area contributed by atoms with Crippen LogP contribution in [0.25, 0.3) is 0 Å². The van der Waals surface area contributed by atoms with E-state index in [2.05, 4.69) is 10.3 Å². The lowest BCUT2D eigenvalue weighted by Gasteiger charge is -2.08. The third-order valence-electron chi connectivity index (χ3n) is 3.06. The number of aromatic nitrogens is 1. The molecule has 0 aliphatic rings. The monoisotopic (exact) mass is 383 g/mol. The first-order chi connectivity index (χ1) is 11.7. The van der Waals surface area contributed by atoms with E-state index < -0.39 is 28.5 Å². The number of pyridine rings is 1. The van der Waals surface area contributed by atoms with E-state index in [9.17, 15) is 18.0 Å². The summed E-state index contributed by atoms with van der Waals surface area (Å²) in [5, 5.41) is 7.92. The van der Waals surface area contributed by atoms with Crippen LogP contribution in [0.15, 0.2) is 41.4 Å². The maximum Gasteiger partial charge on any atom is 0.338 e. The molecule has 3 N–H and O–H groups in total. The molecule has 8 nitrogen and oxygen atoms in total. The van der Waals surface area contributed by atoms with Crippen LogP contribution in [0.2, 0.25) is 5.02 Å². The largest absolute Gasteiger partial charge is 0.452 e. The summed E-state index contributed by atoms with van der Waals surface area (Å²) in [4.78, 5) is 27.4. The first kappa shape index (κ1) is 18.8. The Morgan fingerprint density at radius 3 is 2.60 bits per heavy atom. The molecule has 25 heavy (non-hydrogen) atoms. The molecule has 2 aromatic rings. The first-order valence-corrected chi connectivity index (χ1v) is 8.81. The van der Waals surface area contributed by atoms with Gasteiger partial charge in [-0.25, -0.2) is 23.3 Å². The highest BCUT2D eigenvalue weighted by Crippen LogP contribution is 2.16. The second-order valence-corrected chi connectivity index (χ2v) is 6.98. The van der Waals surface area contributed by atoms with Crippen molar-refractivity contribution in [3.63, 3.8) is 0 Å². The predicted octanol–water partition coefficient (Wildman–Crippen LogP) is 1.49. The third-order valence-corrected chi connectivity index (χ3v) is 4.34. The highest BCUT2D eigenvalue weighted by atomic mass is 35.5. The van der Waals surface area contributed by atoms with Gasteiger partial charge in [0.2, 0.25) is 10.0 Å². The number of ether oxygens (including phenoxy) is 1. The van der Waals surface area contributed by atoms with Crippen LogP contribution in [0, 0.1) is 6.92 Å². The number of nitrogens with zero attached hydrogens (tertiary/aromatic N) is 1. The number of carbonyl (C=O) groups excluding carboxylic acids is 2. The summed E-state index contributed by atoms with van der Waals surface area (Å²) in [7, 11) is -3.97. The molecule has 0 aliphatic heterocycles. The zero-order chi connectivity index (χ0) is 18.6. The van der Waals surface area contributed by atoms with E-state index in [0.717, 1.165) is 6.07 Å². The zero-order valence-electron chi connectivity index (χ0n) is 13.0. The Kier molecular flexibility index (Phi) is 5.73. The summed E-state index contributed by atoms with van der Waals surface area (Å²) in [5.74, 6) is -1.22. The van der Waals surface area contributed by atoms with Crippen LogP contribution >= 0.6 is 11.6 Å². The Hall–Kier alpha value is -2.49. The molecular weight excluding hydrogens is 370 g/mol. The SMILES string of the molecule is Cc1ccc(C(=O)OCC(=O)Nc2ccc(Cl)cn2)cc1S(N)(=O)=O. The average Bonchev–Trinajstić information content (AvgIpc) is 2.54. The molecule has 0 bridgehead atoms. The van der Waals surface area contributed by atoms with Gasteiger partial charge in [-0.05, 0) is 36.8 Å². The molecule has 0 aliphatic carbocycles. The zero-order valence-corrected chi connectivity index (χ0v) is 14.6. The molecule has 0 atom stereocenters. The molecule has 132 valence electrons. The van der Waals surface area contributed by atoms with Gasteiger partial charge in [0.25, 0.3) is 5.91 Å². The molecule has 2 rings (SSSR count). The van der Waals surface area contributed by atoms with Gasteiger partial charge in [-0.3, -0.25) is 4.79 Å². The number of hydrogen-bond donors (Lipinski definition) is 2. The number of halogens is 1. The number of esters is 1. The number of nitrogens with two attached hydrogens (primary N) is 1. The number of rotatable bonds is 5. The van der Waals surface area contributed by atoms with Crippen LogP contribution in [0.4, 0.5) is 5.82 Å². The number of anilines is 1. The number of carbonyl (C=O) groups is 2. The second kappa shape index (κ2) is 7.60. The Morgan fingerprint density at radius 1 is 1.28 bits per heavy atom. The van der Waals surface area contributed by atoms with E-state index in [1.165, 1.54) is 30.5 Å². The highest BCUT2D eigenvalue weighted by Gasteiger charge is 2.17. The summed E-state index contributed by atoms with van der Waals surface area (Å²) in [5.41, 5.74) is 0.359. The van der Waals surface area contributed by atoms with Crippen molar-refractivity contribution in [2.75, 3.05) is 11.9 Å². The number of hydrogen-bond acceptors (Lipinski definition) is 6. The molecule has 0 saturated carbocycles. The van der Waals surface area contributed by atoms with E-state index in [-0.39, 0.29) is 16.3 Å². The van der Waals surface area contributed by atoms with E-state index in [4.69, 9.17) is 21.5 Å². The number of primary sulfonamides is 1. The lowest BCUT2D eigenvalue weighted by atomic mass is 10.1. The maximum atomic E-state index is 12.0. The van der Waals surface area contributed by atoms with Gasteiger partial charge in [-0.1, -0.05) is 17.7 Å². The van der Waals surface area contributed by atoms with Crippen LogP contribution in [-0.2, 0) is 19.6 Å². The fraction of sp³-hybridized carbons (Fsp3) is 0.133. The standard InChI is InChI=1S/C15H14ClN3O5S/c1-9-2-3-10(6-12(9)25(17,22)23)15(21)24-8-14(20)19-13-5-4-11(16)7-18-13/h2-7H,8H2,1H3,(H2,17,22,23)(H,18,19,20). The van der Waals surface area contributed by atoms with Crippen molar-refractivity contribution >= 4 is 39.3 Å². The predicted molar refractivity (Wildman–Crippen MR) is 90.7 cm³/mol. The highest BCUT2D eigenvalue weighted by molar-refractivity contribution is 7.89. The lowest BCUT2D eigenvalue weighted by Crippen LogP contribution is -2.21. The molecule has 0 unspecified atom stereocenters. The van der Waals surface area contributed by atoms with Gasteiger partial charge in [0.05, 0.1) is 15.5 Å². The molecule has 1 aromatic carbocycles. The van der Waals surface area contributed by atoms with Crippen LogP contribution < -0.4 is 10.5 Å². The van der Waals surface area contributed by atoms with Gasteiger partial charge in [-0.2, -0.15) is 0 Å². The smallest absolute Gasteiger partial charge is 0.338 e. The molecule has 10 heteroatoms. The molecule has 0 saturated heterocycles. The minimum atomic E-state index is -3.97. The Labute approximate surface area is 149 Å². The van der Waals surface area contributed by atoms with Gasteiger partial charge >= 0.3 is 5.97 Å². The van der Waals surface area contributed by atoms with Crippen molar-refractivity contribution in [2.24, 2.45) is 5.14 Å². The van der Waals surface area contributed by atoms with Crippen molar-refractivity contribution in [3.8, 4) is 0 Å². The fourth-order valence-electron chi connectivity index (χ4n) is 1.88. The topological polar surface area (TPSA) is 128 Å². The molecule has 0 radical (unpaired) electrons. The summed E-state index contributed by atoms with van der Waals surface area (Å²) in [6, 6.07) is 6.93.